The van der Waals surface area contributed by atoms with Gasteiger partial charge in [-0.2, -0.15) is 0 Å². The minimum absolute atomic E-state index is 0.824. The van der Waals surface area contributed by atoms with E-state index in [1.54, 1.807) is 0 Å². The van der Waals surface area contributed by atoms with E-state index in [4.69, 9.17) is 21.8 Å². The molecule has 0 amide bonds. The van der Waals surface area contributed by atoms with Gasteiger partial charge in [-0.05, 0) is 35.4 Å². The van der Waals surface area contributed by atoms with Crippen molar-refractivity contribution < 1.29 is 21.8 Å². The summed E-state index contributed by atoms with van der Waals surface area (Å²) >= 11 is 0. The first-order valence-electron chi connectivity index (χ1n) is 8.18. The smallest absolute Gasteiger partial charge is 0.368 e. The number of rotatable bonds is 6. The van der Waals surface area contributed by atoms with Gasteiger partial charge in [0.15, 0.2) is 0 Å². The minimum atomic E-state index is -3.39. The molecule has 0 radical (unpaired) electrons. The highest BCUT2D eigenvalue weighted by molar-refractivity contribution is 6.83. The maximum absolute atomic E-state index is 6.11. The molecule has 0 atom stereocenters. The SMILES string of the molecule is CO[Si](C#Cc1ccccc1)(OC)O[Si](C#Cc1ccccc1)(OC)OC. The third-order valence-electron chi connectivity index (χ3n) is 3.61. The Morgan fingerprint density at radius 3 is 1.19 bits per heavy atom. The van der Waals surface area contributed by atoms with Gasteiger partial charge in [-0.1, -0.05) is 48.2 Å². The molecule has 0 bridgehead atoms. The Hall–Kier alpha value is -2.21. The topological polar surface area (TPSA) is 46.2 Å². The summed E-state index contributed by atoms with van der Waals surface area (Å²) in [5.74, 6) is 6.06. The molecule has 0 unspecified atom stereocenters. The Bertz CT molecular complexity index is 755. The van der Waals surface area contributed by atoms with E-state index in [-0.39, 0.29) is 0 Å². The first kappa shape index (κ1) is 21.1. The molecule has 0 spiro atoms. The van der Waals surface area contributed by atoms with Gasteiger partial charge in [0.1, 0.15) is 0 Å². The van der Waals surface area contributed by atoms with Crippen molar-refractivity contribution in [2.45, 2.75) is 0 Å². The molecule has 140 valence electrons. The van der Waals surface area contributed by atoms with Crippen LogP contribution in [0.5, 0.6) is 0 Å². The van der Waals surface area contributed by atoms with Crippen LogP contribution in [-0.4, -0.2) is 46.0 Å². The highest BCUT2D eigenvalue weighted by atomic mass is 28.5. The molecule has 0 aliphatic rings. The normalized spacial score (nSPS) is 11.1. The molecule has 0 aliphatic heterocycles. The highest BCUT2D eigenvalue weighted by Gasteiger charge is 2.52. The molecular weight excluding hydrogens is 376 g/mol. The zero-order valence-electron chi connectivity index (χ0n) is 15.8. The van der Waals surface area contributed by atoms with Gasteiger partial charge < -0.3 is 21.8 Å². The molecule has 0 fully saturated rings. The maximum Gasteiger partial charge on any atom is 0.584 e. The Morgan fingerprint density at radius 2 is 0.889 bits per heavy atom. The second-order valence-electron chi connectivity index (χ2n) is 5.26. The summed E-state index contributed by atoms with van der Waals surface area (Å²) in [6, 6.07) is 19.0. The van der Waals surface area contributed by atoms with Crippen molar-refractivity contribution in [2.75, 3.05) is 28.4 Å². The third kappa shape index (κ3) is 5.89. The number of hydrogen-bond donors (Lipinski definition) is 0. The molecule has 5 nitrogen and oxygen atoms in total. The quantitative estimate of drug-likeness (QED) is 0.553. The van der Waals surface area contributed by atoms with Crippen molar-refractivity contribution in [1.29, 1.82) is 0 Å². The van der Waals surface area contributed by atoms with Crippen LogP contribution in [0.3, 0.4) is 0 Å². The van der Waals surface area contributed by atoms with Crippen LogP contribution < -0.4 is 0 Å². The molecule has 27 heavy (non-hydrogen) atoms. The lowest BCUT2D eigenvalue weighted by molar-refractivity contribution is 0.109. The van der Waals surface area contributed by atoms with Gasteiger partial charge in [-0.25, -0.2) is 0 Å². The number of hydrogen-bond acceptors (Lipinski definition) is 5. The molecule has 0 aliphatic carbocycles. The summed E-state index contributed by atoms with van der Waals surface area (Å²) in [7, 11) is -0.825. The largest absolute Gasteiger partial charge is 0.584 e. The second-order valence-corrected chi connectivity index (χ2v) is 10.4. The van der Waals surface area contributed by atoms with E-state index in [0.29, 0.717) is 0 Å². The van der Waals surface area contributed by atoms with Gasteiger partial charge in [0.05, 0.1) is 0 Å². The Balaban J connectivity index is 2.35. The van der Waals surface area contributed by atoms with Gasteiger partial charge in [0.2, 0.25) is 0 Å². The molecule has 2 aromatic carbocycles. The van der Waals surface area contributed by atoms with Crippen LogP contribution in [0.4, 0.5) is 0 Å². The molecule has 0 saturated carbocycles. The minimum Gasteiger partial charge on any atom is -0.368 e. The van der Waals surface area contributed by atoms with E-state index in [1.807, 2.05) is 60.7 Å². The van der Waals surface area contributed by atoms with Crippen molar-refractivity contribution in [3.05, 3.63) is 71.8 Å². The zero-order valence-corrected chi connectivity index (χ0v) is 17.8. The van der Waals surface area contributed by atoms with Gasteiger partial charge >= 0.3 is 17.6 Å². The molecule has 0 heterocycles. The summed E-state index contributed by atoms with van der Waals surface area (Å²) in [6.45, 7) is 0. The average molecular weight is 399 g/mol. The van der Waals surface area contributed by atoms with Crippen LogP contribution in [0.2, 0.25) is 0 Å². The molecule has 0 N–H and O–H groups in total. The van der Waals surface area contributed by atoms with E-state index in [1.165, 1.54) is 28.4 Å². The first-order chi connectivity index (χ1) is 13.1. The Kier molecular flexibility index (Phi) is 7.98. The van der Waals surface area contributed by atoms with Gasteiger partial charge in [0, 0.05) is 39.6 Å². The third-order valence-corrected chi connectivity index (χ3v) is 8.77. The summed E-state index contributed by atoms with van der Waals surface area (Å²) in [5.41, 5.74) is 7.65. The predicted octanol–water partition coefficient (Wildman–Crippen LogP) is 2.65. The van der Waals surface area contributed by atoms with Gasteiger partial charge in [-0.15, -0.1) is 0 Å². The molecule has 2 rings (SSSR count). The molecule has 2 aromatic rings. The molecule has 0 aromatic heterocycles. The van der Waals surface area contributed by atoms with Crippen molar-refractivity contribution >= 4 is 17.6 Å². The van der Waals surface area contributed by atoms with Crippen molar-refractivity contribution in [3.8, 4) is 22.9 Å². The van der Waals surface area contributed by atoms with Crippen LogP contribution in [-0.2, 0) is 21.8 Å². The van der Waals surface area contributed by atoms with E-state index < -0.39 is 17.6 Å². The molecular formula is C20H22O5Si2. The van der Waals surface area contributed by atoms with E-state index in [2.05, 4.69) is 22.9 Å². The van der Waals surface area contributed by atoms with Crippen molar-refractivity contribution in [3.63, 3.8) is 0 Å². The first-order valence-corrected chi connectivity index (χ1v) is 11.6. The van der Waals surface area contributed by atoms with Crippen molar-refractivity contribution in [1.82, 2.24) is 0 Å². The van der Waals surface area contributed by atoms with Crippen molar-refractivity contribution in [2.24, 2.45) is 0 Å². The average Bonchev–Trinajstić information content (AvgIpc) is 2.75. The van der Waals surface area contributed by atoms with E-state index in [0.717, 1.165) is 11.1 Å². The molecule has 7 heteroatoms. The zero-order chi connectivity index (χ0) is 19.6. The van der Waals surface area contributed by atoms with Gasteiger partial charge in [-0.3, -0.25) is 0 Å². The lowest BCUT2D eigenvalue weighted by Crippen LogP contribution is -2.56. The summed E-state index contributed by atoms with van der Waals surface area (Å²) < 4.78 is 28.3. The number of benzene rings is 2. The second kappa shape index (κ2) is 10.2. The van der Waals surface area contributed by atoms with E-state index in [9.17, 15) is 0 Å². The monoisotopic (exact) mass is 398 g/mol. The van der Waals surface area contributed by atoms with Crippen LogP contribution in [0.1, 0.15) is 11.1 Å². The fourth-order valence-corrected chi connectivity index (χ4v) is 6.60. The maximum atomic E-state index is 6.11. The molecule has 0 saturated heterocycles. The van der Waals surface area contributed by atoms with E-state index >= 15 is 0 Å². The van der Waals surface area contributed by atoms with Crippen LogP contribution >= 0.6 is 0 Å². The lowest BCUT2D eigenvalue weighted by atomic mass is 10.2. The highest BCUT2D eigenvalue weighted by Crippen LogP contribution is 2.17. The fourth-order valence-electron chi connectivity index (χ4n) is 2.11. The van der Waals surface area contributed by atoms with Gasteiger partial charge in [0.25, 0.3) is 0 Å². The van der Waals surface area contributed by atoms with Crippen LogP contribution in [0.15, 0.2) is 60.7 Å². The lowest BCUT2D eigenvalue weighted by Gasteiger charge is -2.28. The van der Waals surface area contributed by atoms with Crippen LogP contribution in [0.25, 0.3) is 0 Å². The Labute approximate surface area is 162 Å². The standard InChI is InChI=1S/C20H22O5Si2/c1-21-26(22-2,17-15-19-11-7-5-8-12-19)25-27(23-3,24-4)18-16-20-13-9-6-10-14-20/h5-14H,1-4H3. The summed E-state index contributed by atoms with van der Waals surface area (Å²) in [5, 5.41) is 0. The fraction of sp³-hybridized carbons (Fsp3) is 0.200. The summed E-state index contributed by atoms with van der Waals surface area (Å²) in [4.78, 5) is 0. The Morgan fingerprint density at radius 1 is 0.556 bits per heavy atom. The van der Waals surface area contributed by atoms with Crippen LogP contribution in [0, 0.1) is 22.9 Å². The predicted molar refractivity (Wildman–Crippen MR) is 107 cm³/mol. The summed E-state index contributed by atoms with van der Waals surface area (Å²) in [6.07, 6.45) is 0.